The van der Waals surface area contributed by atoms with Crippen LogP contribution in [0.2, 0.25) is 0 Å². The third kappa shape index (κ3) is 3.22. The molecule has 1 N–H and O–H groups in total. The van der Waals surface area contributed by atoms with Crippen LogP contribution < -0.4 is 14.8 Å². The van der Waals surface area contributed by atoms with E-state index in [-0.39, 0.29) is 11.8 Å². The Hall–Kier alpha value is -3.02. The van der Waals surface area contributed by atoms with Gasteiger partial charge in [0.25, 0.3) is 5.91 Å². The smallest absolute Gasteiger partial charge is 0.255 e. The molecule has 0 saturated carbocycles. The molecule has 1 aliphatic rings. The van der Waals surface area contributed by atoms with Crippen LogP contribution in [0.4, 0.5) is 0 Å². The fourth-order valence-electron chi connectivity index (χ4n) is 3.22. The van der Waals surface area contributed by atoms with Crippen molar-refractivity contribution in [2.45, 2.75) is 13.0 Å². The highest BCUT2D eigenvalue weighted by Crippen LogP contribution is 2.31. The summed E-state index contributed by atoms with van der Waals surface area (Å²) in [5.41, 5.74) is 2.26. The third-order valence-corrected chi connectivity index (χ3v) is 4.59. The molecule has 0 radical (unpaired) electrons. The van der Waals surface area contributed by atoms with Gasteiger partial charge in [-0.05, 0) is 36.2 Å². The van der Waals surface area contributed by atoms with Crippen LogP contribution >= 0.6 is 0 Å². The number of aryl methyl sites for hydroxylation is 1. The van der Waals surface area contributed by atoms with Crippen LogP contribution in [0.3, 0.4) is 0 Å². The average molecular weight is 354 g/mol. The van der Waals surface area contributed by atoms with E-state index < -0.39 is 6.04 Å². The molecule has 1 aliphatic heterocycles. The van der Waals surface area contributed by atoms with E-state index in [2.05, 4.69) is 5.32 Å². The fourth-order valence-corrected chi connectivity index (χ4v) is 3.22. The van der Waals surface area contributed by atoms with Crippen molar-refractivity contribution >= 4 is 11.8 Å². The summed E-state index contributed by atoms with van der Waals surface area (Å²) >= 11 is 0. The van der Waals surface area contributed by atoms with Crippen molar-refractivity contribution in [3.8, 4) is 11.5 Å². The zero-order valence-electron chi connectivity index (χ0n) is 15.1. The van der Waals surface area contributed by atoms with Crippen LogP contribution in [0.25, 0.3) is 0 Å². The van der Waals surface area contributed by atoms with E-state index in [0.717, 1.165) is 11.1 Å². The second-order valence-electron chi connectivity index (χ2n) is 6.12. The summed E-state index contributed by atoms with van der Waals surface area (Å²) in [6.45, 7) is 2.81. The zero-order chi connectivity index (χ0) is 18.7. The Morgan fingerprint density at radius 3 is 2.54 bits per heavy atom. The van der Waals surface area contributed by atoms with E-state index >= 15 is 0 Å². The molecular weight excluding hydrogens is 332 g/mol. The molecule has 6 nitrogen and oxygen atoms in total. The predicted octanol–water partition coefficient (Wildman–Crippen LogP) is 2.33. The molecule has 1 fully saturated rings. The maximum Gasteiger partial charge on any atom is 0.255 e. The van der Waals surface area contributed by atoms with Crippen molar-refractivity contribution in [2.24, 2.45) is 0 Å². The molecule has 2 aromatic carbocycles. The quantitative estimate of drug-likeness (QED) is 0.915. The molecule has 2 amide bonds. The first-order valence-corrected chi connectivity index (χ1v) is 8.43. The van der Waals surface area contributed by atoms with Gasteiger partial charge < -0.3 is 19.7 Å². The first kappa shape index (κ1) is 17.8. The van der Waals surface area contributed by atoms with Gasteiger partial charge in [-0.15, -0.1) is 0 Å². The summed E-state index contributed by atoms with van der Waals surface area (Å²) in [4.78, 5) is 27.3. The molecule has 6 heteroatoms. The first-order chi connectivity index (χ1) is 12.6. The molecule has 0 bridgehead atoms. The summed E-state index contributed by atoms with van der Waals surface area (Å²) in [6.07, 6.45) is 0. The number of nitrogens with one attached hydrogen (secondary N) is 1. The van der Waals surface area contributed by atoms with Gasteiger partial charge in [-0.1, -0.05) is 24.3 Å². The normalized spacial score (nSPS) is 16.8. The Morgan fingerprint density at radius 2 is 1.85 bits per heavy atom. The first-order valence-electron chi connectivity index (χ1n) is 8.43. The van der Waals surface area contributed by atoms with Crippen molar-refractivity contribution in [1.29, 1.82) is 0 Å². The Labute approximate surface area is 152 Å². The van der Waals surface area contributed by atoms with Crippen molar-refractivity contribution in [2.75, 3.05) is 27.3 Å². The number of hydrogen-bond donors (Lipinski definition) is 1. The Kier molecular flexibility index (Phi) is 5.11. The predicted molar refractivity (Wildman–Crippen MR) is 97.5 cm³/mol. The Balaban J connectivity index is 1.99. The SMILES string of the molecule is COc1ccc(C(=O)N2CCNC(=O)C2c2ccccc2C)cc1OC. The summed E-state index contributed by atoms with van der Waals surface area (Å²) in [6, 6.07) is 12.0. The molecular formula is C20H22N2O4. The molecule has 0 spiro atoms. The van der Waals surface area contributed by atoms with Gasteiger partial charge in [0, 0.05) is 18.7 Å². The van der Waals surface area contributed by atoms with E-state index in [9.17, 15) is 9.59 Å². The topological polar surface area (TPSA) is 67.9 Å². The van der Waals surface area contributed by atoms with Crippen LogP contribution in [-0.2, 0) is 4.79 Å². The minimum absolute atomic E-state index is 0.167. The highest BCUT2D eigenvalue weighted by molar-refractivity contribution is 5.99. The third-order valence-electron chi connectivity index (χ3n) is 4.59. The second kappa shape index (κ2) is 7.47. The molecule has 0 aromatic heterocycles. The maximum absolute atomic E-state index is 13.2. The highest BCUT2D eigenvalue weighted by atomic mass is 16.5. The lowest BCUT2D eigenvalue weighted by Gasteiger charge is -2.36. The van der Waals surface area contributed by atoms with Crippen LogP contribution in [0, 0.1) is 6.92 Å². The number of piperazine rings is 1. The summed E-state index contributed by atoms with van der Waals surface area (Å²) in [5.74, 6) is 0.650. The summed E-state index contributed by atoms with van der Waals surface area (Å²) < 4.78 is 10.5. The van der Waals surface area contributed by atoms with E-state index in [1.165, 1.54) is 7.11 Å². The van der Waals surface area contributed by atoms with Gasteiger partial charge in [0.1, 0.15) is 6.04 Å². The van der Waals surface area contributed by atoms with Gasteiger partial charge in [-0.2, -0.15) is 0 Å². The van der Waals surface area contributed by atoms with Crippen LogP contribution in [0.1, 0.15) is 27.5 Å². The fraction of sp³-hybridized carbons (Fsp3) is 0.300. The number of nitrogens with zero attached hydrogens (tertiary/aromatic N) is 1. The number of hydrogen-bond acceptors (Lipinski definition) is 4. The molecule has 1 unspecified atom stereocenters. The Morgan fingerprint density at radius 1 is 1.12 bits per heavy atom. The lowest BCUT2D eigenvalue weighted by molar-refractivity contribution is -0.128. The molecule has 3 rings (SSSR count). The van der Waals surface area contributed by atoms with Crippen LogP contribution in [0.15, 0.2) is 42.5 Å². The monoisotopic (exact) mass is 354 g/mol. The van der Waals surface area contributed by atoms with E-state index in [1.807, 2.05) is 31.2 Å². The number of carbonyl (C=O) groups excluding carboxylic acids is 2. The number of rotatable bonds is 4. The van der Waals surface area contributed by atoms with Gasteiger partial charge in [0.2, 0.25) is 5.91 Å². The number of methoxy groups -OCH3 is 2. The van der Waals surface area contributed by atoms with Crippen molar-refractivity contribution < 1.29 is 19.1 Å². The largest absolute Gasteiger partial charge is 0.493 e. The molecule has 136 valence electrons. The van der Waals surface area contributed by atoms with Crippen molar-refractivity contribution in [1.82, 2.24) is 10.2 Å². The molecule has 1 heterocycles. The van der Waals surface area contributed by atoms with Gasteiger partial charge in [0.15, 0.2) is 11.5 Å². The molecule has 0 aliphatic carbocycles. The molecule has 1 saturated heterocycles. The summed E-state index contributed by atoms with van der Waals surface area (Å²) in [7, 11) is 3.07. The van der Waals surface area contributed by atoms with Gasteiger partial charge >= 0.3 is 0 Å². The van der Waals surface area contributed by atoms with E-state index in [0.29, 0.717) is 30.2 Å². The van der Waals surface area contributed by atoms with Crippen LogP contribution in [0.5, 0.6) is 11.5 Å². The standard InChI is InChI=1S/C20H22N2O4/c1-13-6-4-5-7-15(13)18-19(23)21-10-11-22(18)20(24)14-8-9-16(25-2)17(12-14)26-3/h4-9,12,18H,10-11H2,1-3H3,(H,21,23). The number of benzene rings is 2. The average Bonchev–Trinajstić information content (AvgIpc) is 2.67. The molecule has 26 heavy (non-hydrogen) atoms. The van der Waals surface area contributed by atoms with E-state index in [1.54, 1.807) is 30.2 Å². The number of amides is 2. The van der Waals surface area contributed by atoms with Crippen molar-refractivity contribution in [3.05, 3.63) is 59.2 Å². The molecule has 2 aromatic rings. The summed E-state index contributed by atoms with van der Waals surface area (Å²) in [5, 5.41) is 2.86. The maximum atomic E-state index is 13.2. The minimum Gasteiger partial charge on any atom is -0.493 e. The minimum atomic E-state index is -0.648. The van der Waals surface area contributed by atoms with Gasteiger partial charge in [-0.25, -0.2) is 0 Å². The van der Waals surface area contributed by atoms with Gasteiger partial charge in [0.05, 0.1) is 14.2 Å². The van der Waals surface area contributed by atoms with Gasteiger partial charge in [-0.3, -0.25) is 9.59 Å². The highest BCUT2D eigenvalue weighted by Gasteiger charge is 2.35. The van der Waals surface area contributed by atoms with Crippen molar-refractivity contribution in [3.63, 3.8) is 0 Å². The molecule has 1 atom stereocenters. The van der Waals surface area contributed by atoms with Crippen LogP contribution in [-0.4, -0.2) is 44.0 Å². The number of ether oxygens (including phenoxy) is 2. The second-order valence-corrected chi connectivity index (χ2v) is 6.12. The Bertz CT molecular complexity index is 834. The zero-order valence-corrected chi connectivity index (χ0v) is 15.1. The lowest BCUT2D eigenvalue weighted by Crippen LogP contribution is -2.52. The number of carbonyl (C=O) groups is 2. The van der Waals surface area contributed by atoms with E-state index in [4.69, 9.17) is 9.47 Å². The lowest BCUT2D eigenvalue weighted by atomic mass is 9.97.